The fourth-order valence-electron chi connectivity index (χ4n) is 1.82. The van der Waals surface area contributed by atoms with Gasteiger partial charge in [-0.05, 0) is 17.5 Å². The summed E-state index contributed by atoms with van der Waals surface area (Å²) in [7, 11) is 1.85. The van der Waals surface area contributed by atoms with Gasteiger partial charge in [0.15, 0.2) is 0 Å². The van der Waals surface area contributed by atoms with E-state index in [1.807, 2.05) is 13.2 Å². The SMILES string of the molecule is CC(C)c1ccc(F)cc1OCc1cnn(C)c1. The molecular formula is C14H17FN2O. The molecule has 0 aliphatic heterocycles. The van der Waals surface area contributed by atoms with Crippen LogP contribution in [0.2, 0.25) is 0 Å². The Hall–Kier alpha value is -1.84. The van der Waals surface area contributed by atoms with Crippen LogP contribution >= 0.6 is 0 Å². The Balaban J connectivity index is 2.15. The number of aryl methyl sites for hydroxylation is 1. The molecule has 0 spiro atoms. The summed E-state index contributed by atoms with van der Waals surface area (Å²) in [6, 6.07) is 4.68. The lowest BCUT2D eigenvalue weighted by atomic mass is 10.0. The summed E-state index contributed by atoms with van der Waals surface area (Å²) in [5, 5.41) is 4.07. The van der Waals surface area contributed by atoms with Crippen molar-refractivity contribution in [2.75, 3.05) is 0 Å². The molecule has 0 aliphatic rings. The maximum atomic E-state index is 13.2. The van der Waals surface area contributed by atoms with Gasteiger partial charge in [0.05, 0.1) is 6.20 Å². The van der Waals surface area contributed by atoms with Crippen LogP contribution in [0.3, 0.4) is 0 Å². The monoisotopic (exact) mass is 248 g/mol. The van der Waals surface area contributed by atoms with Crippen molar-refractivity contribution in [2.45, 2.75) is 26.4 Å². The lowest BCUT2D eigenvalue weighted by molar-refractivity contribution is 0.300. The van der Waals surface area contributed by atoms with Gasteiger partial charge in [-0.1, -0.05) is 19.9 Å². The van der Waals surface area contributed by atoms with Gasteiger partial charge in [-0.2, -0.15) is 5.10 Å². The first-order valence-electron chi connectivity index (χ1n) is 5.96. The Morgan fingerprint density at radius 1 is 1.39 bits per heavy atom. The molecule has 1 aromatic carbocycles. The van der Waals surface area contributed by atoms with Gasteiger partial charge in [0, 0.05) is 24.9 Å². The highest BCUT2D eigenvalue weighted by atomic mass is 19.1. The van der Waals surface area contributed by atoms with Gasteiger partial charge in [0.1, 0.15) is 18.2 Å². The van der Waals surface area contributed by atoms with E-state index in [0.29, 0.717) is 18.3 Å². The molecule has 2 aromatic rings. The lowest BCUT2D eigenvalue weighted by Gasteiger charge is -2.13. The van der Waals surface area contributed by atoms with Crippen LogP contribution in [-0.2, 0) is 13.7 Å². The first kappa shape index (κ1) is 12.6. The number of nitrogens with zero attached hydrogens (tertiary/aromatic N) is 2. The smallest absolute Gasteiger partial charge is 0.126 e. The van der Waals surface area contributed by atoms with Crippen molar-refractivity contribution in [1.82, 2.24) is 9.78 Å². The number of hydrogen-bond acceptors (Lipinski definition) is 2. The molecule has 0 aliphatic carbocycles. The number of aromatic nitrogens is 2. The predicted molar refractivity (Wildman–Crippen MR) is 68.0 cm³/mol. The first-order chi connectivity index (χ1) is 8.56. The van der Waals surface area contributed by atoms with Gasteiger partial charge in [-0.3, -0.25) is 4.68 Å². The Labute approximate surface area is 106 Å². The molecule has 0 fully saturated rings. The minimum Gasteiger partial charge on any atom is -0.488 e. The fourth-order valence-corrected chi connectivity index (χ4v) is 1.82. The zero-order valence-electron chi connectivity index (χ0n) is 10.9. The van der Waals surface area contributed by atoms with Gasteiger partial charge < -0.3 is 4.74 Å². The number of ether oxygens (including phenoxy) is 1. The first-order valence-corrected chi connectivity index (χ1v) is 5.96. The van der Waals surface area contributed by atoms with Crippen LogP contribution in [0.25, 0.3) is 0 Å². The second-order valence-electron chi connectivity index (χ2n) is 4.65. The van der Waals surface area contributed by atoms with Gasteiger partial charge in [-0.15, -0.1) is 0 Å². The standard InChI is InChI=1S/C14H17FN2O/c1-10(2)13-5-4-12(15)6-14(13)18-9-11-7-16-17(3)8-11/h4-8,10H,9H2,1-3H3. The molecule has 0 saturated heterocycles. The molecule has 18 heavy (non-hydrogen) atoms. The molecule has 2 rings (SSSR count). The molecule has 4 heteroatoms. The van der Waals surface area contributed by atoms with Crippen molar-refractivity contribution >= 4 is 0 Å². The average molecular weight is 248 g/mol. The summed E-state index contributed by atoms with van der Waals surface area (Å²) in [5.74, 6) is 0.629. The zero-order valence-corrected chi connectivity index (χ0v) is 10.9. The molecule has 0 atom stereocenters. The molecule has 0 N–H and O–H groups in total. The summed E-state index contributed by atoms with van der Waals surface area (Å²) in [6.45, 7) is 4.52. The van der Waals surface area contributed by atoms with E-state index in [0.717, 1.165) is 11.1 Å². The zero-order chi connectivity index (χ0) is 13.1. The summed E-state index contributed by atoms with van der Waals surface area (Å²) in [6.07, 6.45) is 3.63. The molecule has 0 saturated carbocycles. The third-order valence-corrected chi connectivity index (χ3v) is 2.75. The molecule has 0 amide bonds. The summed E-state index contributed by atoms with van der Waals surface area (Å²) in [4.78, 5) is 0. The molecule has 1 aromatic heterocycles. The van der Waals surface area contributed by atoms with E-state index in [-0.39, 0.29) is 5.82 Å². The molecule has 1 heterocycles. The number of rotatable bonds is 4. The third-order valence-electron chi connectivity index (χ3n) is 2.75. The molecule has 0 bridgehead atoms. The fraction of sp³-hybridized carbons (Fsp3) is 0.357. The number of benzene rings is 1. The maximum absolute atomic E-state index is 13.2. The van der Waals surface area contributed by atoms with E-state index in [4.69, 9.17) is 4.74 Å². The Bertz CT molecular complexity index is 534. The molecule has 0 unspecified atom stereocenters. The minimum atomic E-state index is -0.277. The number of halogens is 1. The second-order valence-corrected chi connectivity index (χ2v) is 4.65. The Morgan fingerprint density at radius 2 is 2.17 bits per heavy atom. The van der Waals surface area contributed by atoms with Crippen LogP contribution in [0.15, 0.2) is 30.6 Å². The lowest BCUT2D eigenvalue weighted by Crippen LogP contribution is -2.00. The van der Waals surface area contributed by atoms with Gasteiger partial charge in [-0.25, -0.2) is 4.39 Å². The van der Waals surface area contributed by atoms with Gasteiger partial charge in [0.25, 0.3) is 0 Å². The van der Waals surface area contributed by atoms with E-state index in [1.165, 1.54) is 12.1 Å². The van der Waals surface area contributed by atoms with Crippen LogP contribution in [0.1, 0.15) is 30.9 Å². The minimum absolute atomic E-state index is 0.277. The van der Waals surface area contributed by atoms with Crippen molar-refractivity contribution in [1.29, 1.82) is 0 Å². The van der Waals surface area contributed by atoms with Gasteiger partial charge in [0.2, 0.25) is 0 Å². The van der Waals surface area contributed by atoms with E-state index in [2.05, 4.69) is 18.9 Å². The largest absolute Gasteiger partial charge is 0.488 e. The maximum Gasteiger partial charge on any atom is 0.126 e. The van der Waals surface area contributed by atoms with Crippen molar-refractivity contribution in [2.24, 2.45) is 7.05 Å². The summed E-state index contributed by atoms with van der Waals surface area (Å²) < 4.78 is 20.6. The van der Waals surface area contributed by atoms with Gasteiger partial charge >= 0.3 is 0 Å². The molecular weight excluding hydrogens is 231 g/mol. The second kappa shape index (κ2) is 5.21. The van der Waals surface area contributed by atoms with Crippen LogP contribution in [0.4, 0.5) is 4.39 Å². The summed E-state index contributed by atoms with van der Waals surface area (Å²) >= 11 is 0. The van der Waals surface area contributed by atoms with Crippen LogP contribution in [0.5, 0.6) is 5.75 Å². The quantitative estimate of drug-likeness (QED) is 0.830. The predicted octanol–water partition coefficient (Wildman–Crippen LogP) is 3.26. The van der Waals surface area contributed by atoms with Crippen molar-refractivity contribution in [3.63, 3.8) is 0 Å². The van der Waals surface area contributed by atoms with E-state index >= 15 is 0 Å². The van der Waals surface area contributed by atoms with Crippen molar-refractivity contribution in [3.05, 3.63) is 47.5 Å². The van der Waals surface area contributed by atoms with E-state index in [1.54, 1.807) is 16.9 Å². The number of hydrogen-bond donors (Lipinski definition) is 0. The van der Waals surface area contributed by atoms with Crippen molar-refractivity contribution in [3.8, 4) is 5.75 Å². The third kappa shape index (κ3) is 2.88. The van der Waals surface area contributed by atoms with Crippen LogP contribution in [0, 0.1) is 5.82 Å². The molecule has 3 nitrogen and oxygen atoms in total. The highest BCUT2D eigenvalue weighted by Gasteiger charge is 2.09. The van der Waals surface area contributed by atoms with Crippen LogP contribution in [-0.4, -0.2) is 9.78 Å². The Kier molecular flexibility index (Phi) is 3.65. The Morgan fingerprint density at radius 3 is 2.78 bits per heavy atom. The van der Waals surface area contributed by atoms with Crippen molar-refractivity contribution < 1.29 is 9.13 Å². The van der Waals surface area contributed by atoms with E-state index < -0.39 is 0 Å². The topological polar surface area (TPSA) is 27.1 Å². The van der Waals surface area contributed by atoms with E-state index in [9.17, 15) is 4.39 Å². The highest BCUT2D eigenvalue weighted by molar-refractivity contribution is 5.36. The average Bonchev–Trinajstić information content (AvgIpc) is 2.72. The molecule has 96 valence electrons. The van der Waals surface area contributed by atoms with Crippen LogP contribution < -0.4 is 4.74 Å². The summed E-state index contributed by atoms with van der Waals surface area (Å²) in [5.41, 5.74) is 1.98. The highest BCUT2D eigenvalue weighted by Crippen LogP contribution is 2.27. The molecule has 0 radical (unpaired) electrons. The normalized spacial score (nSPS) is 10.9.